The highest BCUT2D eigenvalue weighted by molar-refractivity contribution is 5.03. The molecule has 1 aromatic heterocycles. The molecule has 0 aliphatic carbocycles. The molecule has 0 amide bonds. The van der Waals surface area contributed by atoms with Crippen molar-refractivity contribution in [3.8, 4) is 0 Å². The van der Waals surface area contributed by atoms with Crippen molar-refractivity contribution in [1.82, 2.24) is 9.55 Å². The van der Waals surface area contributed by atoms with Gasteiger partial charge in [-0.3, -0.25) is 14.3 Å². The van der Waals surface area contributed by atoms with Crippen molar-refractivity contribution in [3.63, 3.8) is 0 Å². The second-order valence-corrected chi connectivity index (χ2v) is 5.20. The van der Waals surface area contributed by atoms with Crippen LogP contribution in [0.2, 0.25) is 0 Å². The van der Waals surface area contributed by atoms with Crippen LogP contribution in [0.15, 0.2) is 15.8 Å². The second kappa shape index (κ2) is 4.92. The number of aromatic nitrogens is 2. The number of nitrogens with one attached hydrogen (secondary N) is 1. The van der Waals surface area contributed by atoms with Crippen LogP contribution in [-0.2, 0) is 4.74 Å². The molecule has 4 atom stereocenters. The lowest BCUT2D eigenvalue weighted by atomic mass is 10.0. The van der Waals surface area contributed by atoms with Crippen LogP contribution in [0.25, 0.3) is 0 Å². The maximum atomic E-state index is 11.7. The summed E-state index contributed by atoms with van der Waals surface area (Å²) >= 11 is 0. The van der Waals surface area contributed by atoms with E-state index in [1.54, 1.807) is 6.92 Å². The normalized spacial score (nSPS) is 31.1. The van der Waals surface area contributed by atoms with Gasteiger partial charge in [0.25, 0.3) is 5.56 Å². The molecule has 0 spiro atoms. The van der Waals surface area contributed by atoms with Crippen LogP contribution in [0.4, 0.5) is 0 Å². The Morgan fingerprint density at radius 2 is 1.95 bits per heavy atom. The molecule has 2 unspecified atom stereocenters. The van der Waals surface area contributed by atoms with Crippen molar-refractivity contribution in [2.24, 2.45) is 5.92 Å². The van der Waals surface area contributed by atoms with Crippen LogP contribution >= 0.6 is 0 Å². The van der Waals surface area contributed by atoms with Crippen molar-refractivity contribution >= 4 is 0 Å². The van der Waals surface area contributed by atoms with E-state index in [1.807, 2.05) is 13.8 Å². The smallest absolute Gasteiger partial charge is 0.330 e. The van der Waals surface area contributed by atoms with E-state index in [2.05, 4.69) is 4.98 Å². The number of nitrogens with zero attached hydrogens (tertiary/aromatic N) is 1. The maximum absolute atomic E-state index is 11.7. The predicted octanol–water partition coefficient (Wildman–Crippen LogP) is -0.880. The largest absolute Gasteiger partial charge is 0.388 e. The molecular weight excluding hydrogens is 252 g/mol. The average Bonchev–Trinajstić information content (AvgIpc) is 2.62. The second-order valence-electron chi connectivity index (χ2n) is 5.20. The Morgan fingerprint density at radius 3 is 2.47 bits per heavy atom. The monoisotopic (exact) mass is 270 g/mol. The zero-order chi connectivity index (χ0) is 14.3. The molecule has 0 saturated carbocycles. The van der Waals surface area contributed by atoms with E-state index >= 15 is 0 Å². The van der Waals surface area contributed by atoms with Crippen LogP contribution < -0.4 is 11.2 Å². The minimum absolute atomic E-state index is 0.00536. The lowest BCUT2D eigenvalue weighted by Crippen LogP contribution is -2.38. The number of aliphatic hydroxyl groups excluding tert-OH is 2. The van der Waals surface area contributed by atoms with Gasteiger partial charge in [-0.25, -0.2) is 4.79 Å². The Labute approximate surface area is 109 Å². The van der Waals surface area contributed by atoms with Gasteiger partial charge >= 0.3 is 5.69 Å². The van der Waals surface area contributed by atoms with Crippen molar-refractivity contribution in [2.75, 3.05) is 0 Å². The zero-order valence-corrected chi connectivity index (χ0v) is 11.0. The molecule has 7 heteroatoms. The van der Waals surface area contributed by atoms with Gasteiger partial charge in [0.05, 0.1) is 6.10 Å². The number of aromatic amines is 1. The molecule has 1 aromatic rings. The van der Waals surface area contributed by atoms with Crippen molar-refractivity contribution in [1.29, 1.82) is 0 Å². The highest BCUT2D eigenvalue weighted by Crippen LogP contribution is 2.31. The number of H-pyrrole nitrogens is 1. The topological polar surface area (TPSA) is 105 Å². The minimum Gasteiger partial charge on any atom is -0.388 e. The van der Waals surface area contributed by atoms with Gasteiger partial charge in [-0.05, 0) is 12.8 Å². The van der Waals surface area contributed by atoms with Crippen LogP contribution in [-0.4, -0.2) is 38.1 Å². The van der Waals surface area contributed by atoms with E-state index in [-0.39, 0.29) is 5.92 Å². The Balaban J connectivity index is 2.41. The average molecular weight is 270 g/mol. The van der Waals surface area contributed by atoms with Crippen molar-refractivity contribution in [2.45, 2.75) is 45.3 Å². The van der Waals surface area contributed by atoms with Gasteiger partial charge in [-0.1, -0.05) is 13.8 Å². The Morgan fingerprint density at radius 1 is 1.32 bits per heavy atom. The third-order valence-corrected chi connectivity index (χ3v) is 3.35. The Bertz CT molecular complexity index is 576. The molecule has 7 nitrogen and oxygen atoms in total. The summed E-state index contributed by atoms with van der Waals surface area (Å²) in [5.41, 5.74) is -0.816. The van der Waals surface area contributed by atoms with E-state index in [4.69, 9.17) is 4.74 Å². The first-order valence-corrected chi connectivity index (χ1v) is 6.16. The number of aliphatic hydroxyl groups is 2. The summed E-state index contributed by atoms with van der Waals surface area (Å²) < 4.78 is 6.65. The van der Waals surface area contributed by atoms with E-state index in [1.165, 1.54) is 6.20 Å². The van der Waals surface area contributed by atoms with E-state index in [0.29, 0.717) is 5.56 Å². The van der Waals surface area contributed by atoms with Crippen molar-refractivity contribution < 1.29 is 14.9 Å². The van der Waals surface area contributed by atoms with Gasteiger partial charge in [0.2, 0.25) is 0 Å². The fourth-order valence-corrected chi connectivity index (χ4v) is 2.24. The van der Waals surface area contributed by atoms with Gasteiger partial charge in [-0.2, -0.15) is 0 Å². The SMILES string of the molecule is Cc1cn([C@@H]2O[C@H](C(C)C)C(O)C2O)c(=O)[nH]c1=O. The summed E-state index contributed by atoms with van der Waals surface area (Å²) in [7, 11) is 0. The quantitative estimate of drug-likeness (QED) is 0.647. The number of aryl methyl sites for hydroxylation is 1. The summed E-state index contributed by atoms with van der Waals surface area (Å²) in [6.45, 7) is 5.25. The lowest BCUT2D eigenvalue weighted by Gasteiger charge is -2.18. The Kier molecular flexibility index (Phi) is 3.62. The third-order valence-electron chi connectivity index (χ3n) is 3.35. The standard InChI is InChI=1S/C12H18N2O5/c1-5(2)9-7(15)8(16)11(19-9)14-4-6(3)10(17)13-12(14)18/h4-5,7-9,11,15-16H,1-3H3,(H,13,17,18)/t7?,8?,9-,11-/m1/s1. The zero-order valence-electron chi connectivity index (χ0n) is 11.0. The van der Waals surface area contributed by atoms with E-state index < -0.39 is 35.8 Å². The molecule has 3 N–H and O–H groups in total. The van der Waals surface area contributed by atoms with Crippen LogP contribution in [0.3, 0.4) is 0 Å². The molecule has 0 aromatic carbocycles. The number of hydrogen-bond acceptors (Lipinski definition) is 5. The summed E-state index contributed by atoms with van der Waals surface area (Å²) in [4.78, 5) is 25.2. The highest BCUT2D eigenvalue weighted by atomic mass is 16.6. The molecule has 19 heavy (non-hydrogen) atoms. The van der Waals surface area contributed by atoms with E-state index in [9.17, 15) is 19.8 Å². The molecule has 0 radical (unpaired) electrons. The van der Waals surface area contributed by atoms with Crippen molar-refractivity contribution in [3.05, 3.63) is 32.6 Å². The highest BCUT2D eigenvalue weighted by Gasteiger charge is 2.45. The molecule has 2 rings (SSSR count). The first kappa shape index (κ1) is 14.0. The van der Waals surface area contributed by atoms with Gasteiger partial charge < -0.3 is 14.9 Å². The van der Waals surface area contributed by atoms with Crippen LogP contribution in [0.1, 0.15) is 25.6 Å². The summed E-state index contributed by atoms with van der Waals surface area (Å²) in [5, 5.41) is 19.9. The molecule has 2 heterocycles. The third kappa shape index (κ3) is 2.36. The van der Waals surface area contributed by atoms with Crippen LogP contribution in [0, 0.1) is 12.8 Å². The van der Waals surface area contributed by atoms with Gasteiger partial charge in [0.1, 0.15) is 12.2 Å². The molecule has 1 fully saturated rings. The molecule has 106 valence electrons. The molecule has 1 aliphatic heterocycles. The molecule has 1 aliphatic rings. The predicted molar refractivity (Wildman–Crippen MR) is 66.8 cm³/mol. The Hall–Kier alpha value is -1.44. The fourth-order valence-electron chi connectivity index (χ4n) is 2.24. The van der Waals surface area contributed by atoms with E-state index in [0.717, 1.165) is 4.57 Å². The first-order valence-electron chi connectivity index (χ1n) is 6.16. The lowest BCUT2D eigenvalue weighted by molar-refractivity contribution is -0.0535. The van der Waals surface area contributed by atoms with Crippen LogP contribution in [0.5, 0.6) is 0 Å². The first-order chi connectivity index (χ1) is 8.82. The minimum atomic E-state index is -1.21. The maximum Gasteiger partial charge on any atom is 0.330 e. The molecule has 1 saturated heterocycles. The summed E-state index contributed by atoms with van der Waals surface area (Å²) in [6.07, 6.45) is -2.51. The van der Waals surface area contributed by atoms with Gasteiger partial charge in [0, 0.05) is 11.8 Å². The summed E-state index contributed by atoms with van der Waals surface area (Å²) in [6, 6.07) is 0. The molecular formula is C12H18N2O5. The number of ether oxygens (including phenoxy) is 1. The number of rotatable bonds is 2. The number of hydrogen-bond donors (Lipinski definition) is 3. The summed E-state index contributed by atoms with van der Waals surface area (Å²) in [5.74, 6) is -0.00536. The fraction of sp³-hybridized carbons (Fsp3) is 0.667. The van der Waals surface area contributed by atoms with Gasteiger partial charge in [-0.15, -0.1) is 0 Å². The molecule has 0 bridgehead atoms. The van der Waals surface area contributed by atoms with Gasteiger partial charge in [0.15, 0.2) is 6.23 Å².